The van der Waals surface area contributed by atoms with Gasteiger partial charge in [-0.25, -0.2) is 0 Å². The molecule has 0 amide bonds. The largest absolute Gasteiger partial charge is 0.378 e. The molecule has 1 saturated heterocycles. The molecule has 20 heavy (non-hydrogen) atoms. The van der Waals surface area contributed by atoms with Gasteiger partial charge in [-0.2, -0.15) is 4.98 Å². The van der Waals surface area contributed by atoms with Gasteiger partial charge in [-0.1, -0.05) is 0 Å². The zero-order valence-electron chi connectivity index (χ0n) is 12.3. The lowest BCUT2D eigenvalue weighted by molar-refractivity contribution is -0.0720. The Morgan fingerprint density at radius 3 is 2.95 bits per heavy atom. The third kappa shape index (κ3) is 2.67. The van der Waals surface area contributed by atoms with Gasteiger partial charge in [-0.15, -0.1) is 5.10 Å². The molecule has 3 rings (SSSR count). The van der Waals surface area contributed by atoms with Gasteiger partial charge < -0.3 is 15.4 Å². The van der Waals surface area contributed by atoms with Crippen LogP contribution in [0.1, 0.15) is 37.9 Å². The highest BCUT2D eigenvalue weighted by Crippen LogP contribution is 2.37. The van der Waals surface area contributed by atoms with E-state index in [9.17, 15) is 0 Å². The Bertz CT molecular complexity index is 437. The zero-order chi connectivity index (χ0) is 14.0. The second-order valence-electron chi connectivity index (χ2n) is 6.19. The molecule has 1 aromatic heterocycles. The Kier molecular flexibility index (Phi) is 3.94. The number of ether oxygens (including phenoxy) is 1. The molecule has 2 fully saturated rings. The van der Waals surface area contributed by atoms with E-state index >= 15 is 0 Å². The highest BCUT2D eigenvalue weighted by atomic mass is 16.5. The highest BCUT2D eigenvalue weighted by Gasteiger charge is 2.38. The number of hydrogen-bond donors (Lipinski definition) is 2. The monoisotopic (exact) mass is 279 g/mol. The molecule has 0 radical (unpaired) electrons. The summed E-state index contributed by atoms with van der Waals surface area (Å²) >= 11 is 0. The number of anilines is 1. The minimum Gasteiger partial charge on any atom is -0.378 e. The first-order chi connectivity index (χ1) is 9.74. The number of piperidine rings is 1. The van der Waals surface area contributed by atoms with Crippen LogP contribution < -0.4 is 10.6 Å². The molecule has 1 atom stereocenters. The van der Waals surface area contributed by atoms with E-state index in [4.69, 9.17) is 10.5 Å². The maximum absolute atomic E-state index is 5.78. The molecule has 1 saturated carbocycles. The maximum atomic E-state index is 5.78. The van der Waals surface area contributed by atoms with E-state index in [1.54, 1.807) is 7.11 Å². The van der Waals surface area contributed by atoms with Crippen LogP contribution >= 0.6 is 0 Å². The normalized spacial score (nSPS) is 25.5. The van der Waals surface area contributed by atoms with Gasteiger partial charge in [0, 0.05) is 26.6 Å². The van der Waals surface area contributed by atoms with E-state index in [1.165, 1.54) is 19.3 Å². The summed E-state index contributed by atoms with van der Waals surface area (Å²) in [5.41, 5.74) is 5.78. The fourth-order valence-electron chi connectivity index (χ4n) is 3.27. The fraction of sp³-hybridized carbons (Fsp3) is 0.857. The Labute approximate surface area is 120 Å². The number of methoxy groups -OCH3 is 1. The average molecular weight is 279 g/mol. The van der Waals surface area contributed by atoms with Crippen LogP contribution in [0.15, 0.2) is 0 Å². The van der Waals surface area contributed by atoms with Crippen LogP contribution in [-0.2, 0) is 11.2 Å². The van der Waals surface area contributed by atoms with Crippen LogP contribution in [-0.4, -0.2) is 47.5 Å². The number of nitrogens with zero attached hydrogens (tertiary/aromatic N) is 3. The average Bonchev–Trinajstić information content (AvgIpc) is 2.91. The number of nitrogens with one attached hydrogen (secondary N) is 1. The van der Waals surface area contributed by atoms with Crippen molar-refractivity contribution < 1.29 is 4.74 Å². The Morgan fingerprint density at radius 1 is 1.45 bits per heavy atom. The molecule has 0 aromatic carbocycles. The maximum Gasteiger partial charge on any atom is 0.244 e. The van der Waals surface area contributed by atoms with Crippen molar-refractivity contribution in [3.05, 3.63) is 5.82 Å². The van der Waals surface area contributed by atoms with Crippen LogP contribution in [0.2, 0.25) is 0 Å². The van der Waals surface area contributed by atoms with Crippen molar-refractivity contribution >= 4 is 5.95 Å². The fourth-order valence-corrected chi connectivity index (χ4v) is 3.27. The van der Waals surface area contributed by atoms with Crippen molar-refractivity contribution in [2.24, 2.45) is 11.7 Å². The summed E-state index contributed by atoms with van der Waals surface area (Å²) in [6, 6.07) is 0. The quantitative estimate of drug-likeness (QED) is 0.843. The zero-order valence-corrected chi connectivity index (χ0v) is 12.3. The molecule has 1 aliphatic carbocycles. The molecule has 6 nitrogen and oxygen atoms in total. The molecule has 112 valence electrons. The summed E-state index contributed by atoms with van der Waals surface area (Å²) in [5.74, 6) is 2.34. The van der Waals surface area contributed by atoms with Crippen LogP contribution in [0.3, 0.4) is 0 Å². The molecule has 0 spiro atoms. The van der Waals surface area contributed by atoms with Gasteiger partial charge in [-0.3, -0.25) is 5.10 Å². The summed E-state index contributed by atoms with van der Waals surface area (Å²) in [5, 5.41) is 7.46. The predicted molar refractivity (Wildman–Crippen MR) is 77.7 cm³/mol. The minimum absolute atomic E-state index is 0.00149. The standard InChI is InChI=1S/C14H25N5O/c1-20-14(5-3-6-14)8-12-16-13(18-17-12)19-7-2-4-11(9-15)10-19/h11H,2-10,15H2,1H3,(H,16,17,18). The Balaban J connectivity index is 1.64. The highest BCUT2D eigenvalue weighted by molar-refractivity contribution is 5.29. The van der Waals surface area contributed by atoms with Gasteiger partial charge in [0.25, 0.3) is 0 Å². The number of aromatic amines is 1. The first-order valence-electron chi connectivity index (χ1n) is 7.66. The SMILES string of the molecule is COC1(Cc2nc(N3CCCC(CN)C3)n[nH]2)CCC1. The van der Waals surface area contributed by atoms with E-state index in [0.29, 0.717) is 5.92 Å². The van der Waals surface area contributed by atoms with Crippen LogP contribution in [0.5, 0.6) is 0 Å². The topological polar surface area (TPSA) is 80.1 Å². The minimum atomic E-state index is -0.00149. The van der Waals surface area contributed by atoms with E-state index in [2.05, 4.69) is 20.1 Å². The number of rotatable bonds is 5. The van der Waals surface area contributed by atoms with Gasteiger partial charge in [0.05, 0.1) is 5.60 Å². The van der Waals surface area contributed by atoms with Gasteiger partial charge in [0.15, 0.2) is 0 Å². The number of hydrogen-bond acceptors (Lipinski definition) is 5. The Morgan fingerprint density at radius 2 is 2.30 bits per heavy atom. The van der Waals surface area contributed by atoms with Gasteiger partial charge in [-0.05, 0) is 44.6 Å². The molecule has 1 aliphatic heterocycles. The molecule has 0 bridgehead atoms. The van der Waals surface area contributed by atoms with Crippen LogP contribution in [0, 0.1) is 5.92 Å². The van der Waals surface area contributed by atoms with Crippen molar-refractivity contribution in [3.63, 3.8) is 0 Å². The summed E-state index contributed by atoms with van der Waals surface area (Å²) in [6.07, 6.45) is 6.73. The third-order valence-electron chi connectivity index (χ3n) is 4.84. The number of nitrogens with two attached hydrogens (primary N) is 1. The molecular weight excluding hydrogens is 254 g/mol. The first kappa shape index (κ1) is 13.8. The summed E-state index contributed by atoms with van der Waals surface area (Å²) in [6.45, 7) is 2.76. The van der Waals surface area contributed by atoms with Crippen molar-refractivity contribution in [1.82, 2.24) is 15.2 Å². The third-order valence-corrected chi connectivity index (χ3v) is 4.84. The summed E-state index contributed by atoms with van der Waals surface area (Å²) in [4.78, 5) is 6.91. The summed E-state index contributed by atoms with van der Waals surface area (Å²) in [7, 11) is 1.80. The lowest BCUT2D eigenvalue weighted by atomic mass is 9.77. The van der Waals surface area contributed by atoms with Crippen LogP contribution in [0.25, 0.3) is 0 Å². The van der Waals surface area contributed by atoms with Gasteiger partial charge >= 0.3 is 0 Å². The van der Waals surface area contributed by atoms with Gasteiger partial charge in [0.1, 0.15) is 5.82 Å². The lowest BCUT2D eigenvalue weighted by Gasteiger charge is -2.39. The molecule has 3 N–H and O–H groups in total. The van der Waals surface area contributed by atoms with Crippen molar-refractivity contribution in [2.75, 3.05) is 31.6 Å². The number of H-pyrrole nitrogens is 1. The van der Waals surface area contributed by atoms with Crippen molar-refractivity contribution in [1.29, 1.82) is 0 Å². The second-order valence-corrected chi connectivity index (χ2v) is 6.19. The van der Waals surface area contributed by atoms with E-state index in [-0.39, 0.29) is 5.60 Å². The van der Waals surface area contributed by atoms with E-state index in [0.717, 1.165) is 50.7 Å². The van der Waals surface area contributed by atoms with E-state index < -0.39 is 0 Å². The molecule has 6 heteroatoms. The summed E-state index contributed by atoms with van der Waals surface area (Å²) < 4.78 is 5.65. The smallest absolute Gasteiger partial charge is 0.244 e. The predicted octanol–water partition coefficient (Wildman–Crippen LogP) is 1.09. The lowest BCUT2D eigenvalue weighted by Crippen LogP contribution is -2.41. The molecule has 1 unspecified atom stereocenters. The van der Waals surface area contributed by atoms with Crippen molar-refractivity contribution in [3.8, 4) is 0 Å². The first-order valence-corrected chi connectivity index (χ1v) is 7.66. The number of aromatic nitrogens is 3. The molecule has 1 aromatic rings. The van der Waals surface area contributed by atoms with Crippen LogP contribution in [0.4, 0.5) is 5.95 Å². The van der Waals surface area contributed by atoms with E-state index in [1.807, 2.05) is 0 Å². The Hall–Kier alpha value is -1.14. The van der Waals surface area contributed by atoms with Gasteiger partial charge in [0.2, 0.25) is 5.95 Å². The second kappa shape index (κ2) is 5.69. The molecular formula is C14H25N5O. The van der Waals surface area contributed by atoms with Crippen molar-refractivity contribution in [2.45, 2.75) is 44.1 Å². The molecule has 2 heterocycles. The molecule has 2 aliphatic rings.